The van der Waals surface area contributed by atoms with Gasteiger partial charge < -0.3 is 5.32 Å². The van der Waals surface area contributed by atoms with Crippen molar-refractivity contribution in [2.24, 2.45) is 0 Å². The molecular formula is C25H21ClN2O2S. The summed E-state index contributed by atoms with van der Waals surface area (Å²) in [7, 11) is 0. The molecular weight excluding hydrogens is 428 g/mol. The van der Waals surface area contributed by atoms with Crippen LogP contribution in [0.5, 0.6) is 0 Å². The van der Waals surface area contributed by atoms with E-state index in [9.17, 15) is 9.59 Å². The van der Waals surface area contributed by atoms with Crippen LogP contribution >= 0.6 is 23.4 Å². The third-order valence-corrected chi connectivity index (χ3v) is 6.64. The van der Waals surface area contributed by atoms with Crippen LogP contribution in [0.4, 0.5) is 11.4 Å². The normalized spacial score (nSPS) is 13.9. The van der Waals surface area contributed by atoms with Crippen LogP contribution in [0.2, 0.25) is 5.02 Å². The van der Waals surface area contributed by atoms with E-state index in [4.69, 9.17) is 11.6 Å². The highest BCUT2D eigenvalue weighted by Crippen LogP contribution is 2.39. The fourth-order valence-corrected chi connectivity index (χ4v) is 4.43. The molecule has 0 atom stereocenters. The number of anilines is 2. The third-order valence-electron chi connectivity index (χ3n) is 5.30. The van der Waals surface area contributed by atoms with Gasteiger partial charge in [0.05, 0.1) is 5.69 Å². The van der Waals surface area contributed by atoms with Crippen molar-refractivity contribution in [3.63, 3.8) is 0 Å². The van der Waals surface area contributed by atoms with Gasteiger partial charge in [0.2, 0.25) is 0 Å². The highest BCUT2D eigenvalue weighted by Gasteiger charge is 2.41. The summed E-state index contributed by atoms with van der Waals surface area (Å²) in [5.41, 5.74) is 4.57. The molecule has 0 bridgehead atoms. The van der Waals surface area contributed by atoms with Gasteiger partial charge in [-0.25, -0.2) is 4.90 Å². The van der Waals surface area contributed by atoms with Gasteiger partial charge in [0.15, 0.2) is 0 Å². The molecule has 4 rings (SSSR count). The summed E-state index contributed by atoms with van der Waals surface area (Å²) in [6, 6.07) is 20.5. The molecule has 0 saturated heterocycles. The number of halogens is 1. The molecule has 1 N–H and O–H groups in total. The van der Waals surface area contributed by atoms with Crippen LogP contribution in [0.3, 0.4) is 0 Å². The molecule has 4 nitrogen and oxygen atoms in total. The smallest absolute Gasteiger partial charge is 0.283 e. The molecule has 0 aromatic heterocycles. The molecule has 1 aliphatic rings. The average Bonchev–Trinajstić information content (AvgIpc) is 2.97. The van der Waals surface area contributed by atoms with E-state index in [0.717, 1.165) is 27.3 Å². The SMILES string of the molecule is Cc1ccccc1NC1=C(Sc2ccc(Cl)cc2)C(=O)N(c2cccc(C)c2C)C1=O. The maximum absolute atomic E-state index is 13.5. The summed E-state index contributed by atoms with van der Waals surface area (Å²) < 4.78 is 0. The second-order valence-electron chi connectivity index (χ2n) is 7.36. The quantitative estimate of drug-likeness (QED) is 0.468. The number of para-hydroxylation sites is 1. The number of rotatable bonds is 5. The van der Waals surface area contributed by atoms with Gasteiger partial charge in [0.1, 0.15) is 10.6 Å². The molecule has 1 aliphatic heterocycles. The summed E-state index contributed by atoms with van der Waals surface area (Å²) in [6.07, 6.45) is 0. The summed E-state index contributed by atoms with van der Waals surface area (Å²) in [5.74, 6) is -0.701. The molecule has 0 unspecified atom stereocenters. The fourth-order valence-electron chi connectivity index (χ4n) is 3.38. The average molecular weight is 449 g/mol. The minimum Gasteiger partial charge on any atom is -0.350 e. The van der Waals surface area contributed by atoms with Crippen molar-refractivity contribution in [3.8, 4) is 0 Å². The van der Waals surface area contributed by atoms with Crippen molar-refractivity contribution in [2.45, 2.75) is 25.7 Å². The molecule has 0 spiro atoms. The topological polar surface area (TPSA) is 49.4 Å². The fraction of sp³-hybridized carbons (Fsp3) is 0.120. The van der Waals surface area contributed by atoms with Crippen molar-refractivity contribution in [3.05, 3.63) is 99.0 Å². The standard InChI is InChI=1S/C25H21ClN2O2S/c1-15-8-6-10-21(17(15)3)28-24(29)22(27-20-9-5-4-7-16(20)2)23(25(28)30)31-19-13-11-18(26)12-14-19/h4-14,27H,1-3H3. The minimum atomic E-state index is -0.363. The van der Waals surface area contributed by atoms with E-state index in [1.807, 2.05) is 69.3 Å². The molecule has 6 heteroatoms. The molecule has 2 amide bonds. The molecule has 1 heterocycles. The molecule has 0 aliphatic carbocycles. The van der Waals surface area contributed by atoms with Crippen molar-refractivity contribution in [1.82, 2.24) is 0 Å². The van der Waals surface area contributed by atoms with E-state index in [1.54, 1.807) is 18.2 Å². The Labute approximate surface area is 190 Å². The number of carbonyl (C=O) groups excluding carboxylic acids is 2. The zero-order chi connectivity index (χ0) is 22.1. The first-order chi connectivity index (χ1) is 14.9. The van der Waals surface area contributed by atoms with Gasteiger partial charge in [-0.15, -0.1) is 0 Å². The highest BCUT2D eigenvalue weighted by molar-refractivity contribution is 8.04. The Balaban J connectivity index is 1.79. The zero-order valence-electron chi connectivity index (χ0n) is 17.4. The van der Waals surface area contributed by atoms with Crippen LogP contribution < -0.4 is 10.2 Å². The first-order valence-corrected chi connectivity index (χ1v) is 11.0. The van der Waals surface area contributed by atoms with Gasteiger partial charge in [-0.1, -0.05) is 53.7 Å². The van der Waals surface area contributed by atoms with E-state index in [1.165, 1.54) is 16.7 Å². The van der Waals surface area contributed by atoms with Gasteiger partial charge in [-0.05, 0) is 73.9 Å². The van der Waals surface area contributed by atoms with Crippen LogP contribution in [0.25, 0.3) is 0 Å². The molecule has 156 valence electrons. The molecule has 0 fully saturated rings. The number of hydrogen-bond acceptors (Lipinski definition) is 4. The lowest BCUT2D eigenvalue weighted by molar-refractivity contribution is -0.120. The number of hydrogen-bond donors (Lipinski definition) is 1. The van der Waals surface area contributed by atoms with Crippen LogP contribution in [0.1, 0.15) is 16.7 Å². The van der Waals surface area contributed by atoms with Crippen LogP contribution in [-0.4, -0.2) is 11.8 Å². The minimum absolute atomic E-state index is 0.278. The van der Waals surface area contributed by atoms with Gasteiger partial charge in [-0.2, -0.15) is 0 Å². The maximum Gasteiger partial charge on any atom is 0.283 e. The van der Waals surface area contributed by atoms with Crippen molar-refractivity contribution in [1.29, 1.82) is 0 Å². The predicted molar refractivity (Wildman–Crippen MR) is 128 cm³/mol. The highest BCUT2D eigenvalue weighted by atomic mass is 35.5. The van der Waals surface area contributed by atoms with Crippen molar-refractivity contribution in [2.75, 3.05) is 10.2 Å². The molecule has 0 saturated carbocycles. The van der Waals surface area contributed by atoms with E-state index >= 15 is 0 Å². The van der Waals surface area contributed by atoms with Crippen molar-refractivity contribution >= 4 is 46.6 Å². The zero-order valence-corrected chi connectivity index (χ0v) is 19.0. The first-order valence-electron chi connectivity index (χ1n) is 9.82. The predicted octanol–water partition coefficient (Wildman–Crippen LogP) is 6.25. The number of amides is 2. The third kappa shape index (κ3) is 4.11. The number of nitrogens with one attached hydrogen (secondary N) is 1. The van der Waals surface area contributed by atoms with Crippen LogP contribution in [-0.2, 0) is 9.59 Å². The van der Waals surface area contributed by atoms with E-state index in [2.05, 4.69) is 5.32 Å². The molecule has 3 aromatic rings. The van der Waals surface area contributed by atoms with E-state index in [-0.39, 0.29) is 17.5 Å². The van der Waals surface area contributed by atoms with Gasteiger partial charge in [-0.3, -0.25) is 9.59 Å². The van der Waals surface area contributed by atoms with Gasteiger partial charge in [0.25, 0.3) is 11.8 Å². The van der Waals surface area contributed by atoms with E-state index in [0.29, 0.717) is 15.6 Å². The molecule has 31 heavy (non-hydrogen) atoms. The van der Waals surface area contributed by atoms with Crippen LogP contribution in [0.15, 0.2) is 82.2 Å². The monoisotopic (exact) mass is 448 g/mol. The second kappa shape index (κ2) is 8.61. The number of carbonyl (C=O) groups is 2. The maximum atomic E-state index is 13.5. The number of nitrogens with zero attached hydrogens (tertiary/aromatic N) is 1. The summed E-state index contributed by atoms with van der Waals surface area (Å²) in [5, 5.41) is 3.84. The lowest BCUT2D eigenvalue weighted by Crippen LogP contribution is -2.33. The Hall–Kier alpha value is -3.02. The Morgan fingerprint density at radius 3 is 2.19 bits per heavy atom. The first kappa shape index (κ1) is 21.2. The Bertz CT molecular complexity index is 1220. The summed E-state index contributed by atoms with van der Waals surface area (Å²) >= 11 is 7.27. The molecule has 0 radical (unpaired) electrons. The largest absolute Gasteiger partial charge is 0.350 e. The molecule has 3 aromatic carbocycles. The van der Waals surface area contributed by atoms with Gasteiger partial charge >= 0.3 is 0 Å². The number of aryl methyl sites for hydroxylation is 2. The lowest BCUT2D eigenvalue weighted by Gasteiger charge is -2.19. The Morgan fingerprint density at radius 2 is 1.48 bits per heavy atom. The van der Waals surface area contributed by atoms with E-state index < -0.39 is 0 Å². The number of imide groups is 1. The Morgan fingerprint density at radius 1 is 0.806 bits per heavy atom. The lowest BCUT2D eigenvalue weighted by atomic mass is 10.1. The van der Waals surface area contributed by atoms with Crippen molar-refractivity contribution < 1.29 is 9.59 Å². The van der Waals surface area contributed by atoms with Crippen LogP contribution in [0, 0.1) is 20.8 Å². The second-order valence-corrected chi connectivity index (χ2v) is 8.88. The van der Waals surface area contributed by atoms with Gasteiger partial charge in [0, 0.05) is 15.6 Å². The Kier molecular flexibility index (Phi) is 5.90. The summed E-state index contributed by atoms with van der Waals surface area (Å²) in [4.78, 5) is 29.4. The summed E-state index contributed by atoms with van der Waals surface area (Å²) in [6.45, 7) is 5.84. The number of thioether (sulfide) groups is 1. The number of benzene rings is 3.